The summed E-state index contributed by atoms with van der Waals surface area (Å²) in [5, 5.41) is 14.9. The fourth-order valence-electron chi connectivity index (χ4n) is 1.18. The van der Waals surface area contributed by atoms with Crippen LogP contribution in [0.4, 0.5) is 0 Å². The van der Waals surface area contributed by atoms with E-state index in [1.807, 2.05) is 0 Å². The van der Waals surface area contributed by atoms with E-state index < -0.39 is 16.0 Å². The summed E-state index contributed by atoms with van der Waals surface area (Å²) in [6.45, 7) is 1.27. The topological polar surface area (TPSA) is 122 Å². The molecule has 0 amide bonds. The van der Waals surface area contributed by atoms with Gasteiger partial charge in [0.25, 0.3) is 0 Å². The number of aromatic nitrogens is 1. The molecule has 0 saturated carbocycles. The monoisotopic (exact) mass is 277 g/mol. The molecule has 3 N–H and O–H groups in total. The molecule has 0 spiro atoms. The molecule has 0 aliphatic rings. The molecule has 0 aliphatic heterocycles. The number of carboxylic acid groups (broad SMARTS) is 1. The van der Waals surface area contributed by atoms with Gasteiger partial charge in [-0.1, -0.05) is 5.16 Å². The fourth-order valence-corrected chi connectivity index (χ4v) is 1.69. The first-order valence-corrected chi connectivity index (χ1v) is 7.12. The van der Waals surface area contributed by atoms with Crippen LogP contribution < -0.4 is 10.0 Å². The molecule has 0 unspecified atom stereocenters. The Morgan fingerprint density at radius 3 is 2.78 bits per heavy atom. The second-order valence-electron chi connectivity index (χ2n) is 3.68. The van der Waals surface area contributed by atoms with Crippen LogP contribution in [-0.2, 0) is 16.6 Å². The number of sulfonamides is 1. The van der Waals surface area contributed by atoms with Gasteiger partial charge in [-0.2, -0.15) is 0 Å². The fraction of sp³-hybridized carbons (Fsp3) is 0.556. The van der Waals surface area contributed by atoms with E-state index in [1.54, 1.807) is 0 Å². The first-order chi connectivity index (χ1) is 8.38. The summed E-state index contributed by atoms with van der Waals surface area (Å²) in [5.41, 5.74) is -0.134. The summed E-state index contributed by atoms with van der Waals surface area (Å²) >= 11 is 0. The molecule has 0 bridgehead atoms. The Labute approximate surface area is 104 Å². The first-order valence-electron chi connectivity index (χ1n) is 5.23. The maximum Gasteiger partial charge on any atom is 0.358 e. The van der Waals surface area contributed by atoms with Crippen LogP contribution >= 0.6 is 0 Å². The Bertz CT molecular complexity index is 496. The second-order valence-corrected chi connectivity index (χ2v) is 5.51. The van der Waals surface area contributed by atoms with Gasteiger partial charge in [-0.15, -0.1) is 0 Å². The summed E-state index contributed by atoms with van der Waals surface area (Å²) in [4.78, 5) is 10.5. The second kappa shape index (κ2) is 6.47. The zero-order valence-corrected chi connectivity index (χ0v) is 10.7. The van der Waals surface area contributed by atoms with Crippen molar-refractivity contribution in [1.29, 1.82) is 0 Å². The number of hydrogen-bond acceptors (Lipinski definition) is 6. The molecule has 102 valence electrons. The van der Waals surface area contributed by atoms with Gasteiger partial charge in [-0.3, -0.25) is 0 Å². The Morgan fingerprint density at radius 1 is 1.50 bits per heavy atom. The average Bonchev–Trinajstić information content (AvgIpc) is 2.70. The Hall–Kier alpha value is -1.45. The zero-order chi connectivity index (χ0) is 13.6. The number of nitrogens with zero attached hydrogens (tertiary/aromatic N) is 1. The predicted octanol–water partition coefficient (Wildman–Crippen LogP) is -0.598. The van der Waals surface area contributed by atoms with Crippen molar-refractivity contribution >= 4 is 16.0 Å². The maximum absolute atomic E-state index is 10.7. The number of rotatable bonds is 8. The van der Waals surface area contributed by atoms with Crippen LogP contribution in [0.3, 0.4) is 0 Å². The Kier molecular flexibility index (Phi) is 5.25. The lowest BCUT2D eigenvalue weighted by atomic mass is 10.3. The molecule has 1 rings (SSSR count). The third-order valence-electron chi connectivity index (χ3n) is 1.97. The Morgan fingerprint density at radius 2 is 2.22 bits per heavy atom. The highest BCUT2D eigenvalue weighted by atomic mass is 32.2. The van der Waals surface area contributed by atoms with Gasteiger partial charge >= 0.3 is 5.97 Å². The minimum Gasteiger partial charge on any atom is -0.476 e. The molecule has 0 aliphatic carbocycles. The maximum atomic E-state index is 10.7. The summed E-state index contributed by atoms with van der Waals surface area (Å²) in [7, 11) is -3.14. The highest BCUT2D eigenvalue weighted by Gasteiger charge is 2.09. The van der Waals surface area contributed by atoms with E-state index in [9.17, 15) is 13.2 Å². The van der Waals surface area contributed by atoms with E-state index in [4.69, 9.17) is 9.63 Å². The molecule has 1 heterocycles. The number of carbonyl (C=O) groups is 1. The summed E-state index contributed by atoms with van der Waals surface area (Å²) in [6.07, 6.45) is 1.72. The van der Waals surface area contributed by atoms with Crippen LogP contribution in [0.25, 0.3) is 0 Å². The molecule has 0 radical (unpaired) electrons. The SMILES string of the molecule is CS(=O)(=O)NCCCNCc1cc(C(=O)O)no1. The minimum absolute atomic E-state index is 0.134. The van der Waals surface area contributed by atoms with Gasteiger partial charge in [0.05, 0.1) is 12.8 Å². The smallest absolute Gasteiger partial charge is 0.358 e. The van der Waals surface area contributed by atoms with Crippen molar-refractivity contribution in [3.05, 3.63) is 17.5 Å². The van der Waals surface area contributed by atoms with Crippen molar-refractivity contribution in [2.45, 2.75) is 13.0 Å². The van der Waals surface area contributed by atoms with E-state index in [0.717, 1.165) is 6.26 Å². The van der Waals surface area contributed by atoms with Crippen LogP contribution in [0.1, 0.15) is 22.7 Å². The highest BCUT2D eigenvalue weighted by molar-refractivity contribution is 7.88. The summed E-state index contributed by atoms with van der Waals surface area (Å²) in [6, 6.07) is 1.34. The summed E-state index contributed by atoms with van der Waals surface area (Å²) < 4.78 is 28.6. The highest BCUT2D eigenvalue weighted by Crippen LogP contribution is 2.02. The molecular formula is C9H15N3O5S. The van der Waals surface area contributed by atoms with E-state index in [-0.39, 0.29) is 5.69 Å². The lowest BCUT2D eigenvalue weighted by Gasteiger charge is -2.02. The van der Waals surface area contributed by atoms with Gasteiger partial charge in [0.15, 0.2) is 11.5 Å². The zero-order valence-electron chi connectivity index (χ0n) is 9.84. The quantitative estimate of drug-likeness (QED) is 0.542. The van der Waals surface area contributed by atoms with Gasteiger partial charge in [0.2, 0.25) is 10.0 Å². The van der Waals surface area contributed by atoms with E-state index in [0.29, 0.717) is 31.8 Å². The predicted molar refractivity (Wildman–Crippen MR) is 62.6 cm³/mol. The molecule has 9 heteroatoms. The van der Waals surface area contributed by atoms with Gasteiger partial charge < -0.3 is 14.9 Å². The van der Waals surface area contributed by atoms with Crippen molar-refractivity contribution in [3.8, 4) is 0 Å². The van der Waals surface area contributed by atoms with Crippen molar-refractivity contribution < 1.29 is 22.8 Å². The first kappa shape index (κ1) is 14.6. The van der Waals surface area contributed by atoms with Gasteiger partial charge in [0, 0.05) is 12.6 Å². The minimum atomic E-state index is -3.14. The van der Waals surface area contributed by atoms with E-state index in [2.05, 4.69) is 15.2 Å². The molecular weight excluding hydrogens is 262 g/mol. The van der Waals surface area contributed by atoms with Crippen LogP contribution in [0.15, 0.2) is 10.6 Å². The van der Waals surface area contributed by atoms with Crippen LogP contribution in [0, 0.1) is 0 Å². The van der Waals surface area contributed by atoms with Crippen LogP contribution in [0.5, 0.6) is 0 Å². The Balaban J connectivity index is 2.16. The summed E-state index contributed by atoms with van der Waals surface area (Å²) in [5.74, 6) is -0.717. The molecule has 1 aromatic rings. The molecule has 0 fully saturated rings. The average molecular weight is 277 g/mol. The lowest BCUT2D eigenvalue weighted by Crippen LogP contribution is -2.26. The van der Waals surface area contributed by atoms with Gasteiger partial charge in [-0.05, 0) is 13.0 Å². The molecule has 8 nitrogen and oxygen atoms in total. The largest absolute Gasteiger partial charge is 0.476 e. The van der Waals surface area contributed by atoms with Crippen molar-refractivity contribution in [3.63, 3.8) is 0 Å². The number of nitrogens with one attached hydrogen (secondary N) is 2. The van der Waals surface area contributed by atoms with Crippen LogP contribution in [0.2, 0.25) is 0 Å². The number of aromatic carboxylic acids is 1. The number of hydrogen-bond donors (Lipinski definition) is 3. The van der Waals surface area contributed by atoms with Crippen molar-refractivity contribution in [2.24, 2.45) is 0 Å². The molecule has 0 atom stereocenters. The molecule has 0 aromatic carbocycles. The number of carboxylic acids is 1. The third kappa shape index (κ3) is 5.75. The molecule has 18 heavy (non-hydrogen) atoms. The van der Waals surface area contributed by atoms with Crippen molar-refractivity contribution in [1.82, 2.24) is 15.2 Å². The molecule has 0 saturated heterocycles. The van der Waals surface area contributed by atoms with E-state index in [1.165, 1.54) is 6.07 Å². The van der Waals surface area contributed by atoms with Crippen molar-refractivity contribution in [2.75, 3.05) is 19.3 Å². The third-order valence-corrected chi connectivity index (χ3v) is 2.70. The van der Waals surface area contributed by atoms with Gasteiger partial charge in [-0.25, -0.2) is 17.9 Å². The van der Waals surface area contributed by atoms with E-state index >= 15 is 0 Å². The lowest BCUT2D eigenvalue weighted by molar-refractivity contribution is 0.0685. The molecule has 1 aromatic heterocycles. The normalized spacial score (nSPS) is 11.6. The van der Waals surface area contributed by atoms with Gasteiger partial charge in [0.1, 0.15) is 0 Å². The van der Waals surface area contributed by atoms with Crippen LogP contribution in [-0.4, -0.2) is 44.0 Å². The standard InChI is InChI=1S/C9H15N3O5S/c1-18(15,16)11-4-2-3-10-6-7-5-8(9(13)14)12-17-7/h5,10-11H,2-4,6H2,1H3,(H,13,14).